The summed E-state index contributed by atoms with van der Waals surface area (Å²) >= 11 is 0. The topological polar surface area (TPSA) is 15.3 Å². The van der Waals surface area contributed by atoms with Crippen molar-refractivity contribution in [2.45, 2.75) is 52.6 Å². The predicted octanol–water partition coefficient (Wildman–Crippen LogP) is 3.77. The van der Waals surface area contributed by atoms with Crippen molar-refractivity contribution < 1.29 is 0 Å². The maximum Gasteiger partial charge on any atom is 0.0320 e. The third-order valence-corrected chi connectivity index (χ3v) is 4.29. The second-order valence-corrected chi connectivity index (χ2v) is 6.73. The van der Waals surface area contributed by atoms with E-state index in [9.17, 15) is 0 Å². The van der Waals surface area contributed by atoms with Gasteiger partial charge in [-0.25, -0.2) is 0 Å². The van der Waals surface area contributed by atoms with Gasteiger partial charge in [0.1, 0.15) is 0 Å². The largest absolute Gasteiger partial charge is 0.313 e. The summed E-state index contributed by atoms with van der Waals surface area (Å²) in [5.74, 6) is 0.712. The highest BCUT2D eigenvalue weighted by Gasteiger charge is 2.22. The van der Waals surface area contributed by atoms with Crippen LogP contribution >= 0.6 is 0 Å². The summed E-state index contributed by atoms with van der Waals surface area (Å²) in [4.78, 5) is 2.66. The van der Waals surface area contributed by atoms with Gasteiger partial charge in [-0.1, -0.05) is 43.7 Å². The van der Waals surface area contributed by atoms with E-state index in [-0.39, 0.29) is 0 Å². The molecule has 2 rings (SSSR count). The van der Waals surface area contributed by atoms with Gasteiger partial charge in [-0.2, -0.15) is 0 Å². The molecule has 0 saturated carbocycles. The molecule has 2 unspecified atom stereocenters. The maximum atomic E-state index is 3.64. The number of hydrogen-bond acceptors (Lipinski definition) is 2. The summed E-state index contributed by atoms with van der Waals surface area (Å²) in [5, 5.41) is 3.64. The van der Waals surface area contributed by atoms with E-state index in [1.165, 1.54) is 43.6 Å². The van der Waals surface area contributed by atoms with Gasteiger partial charge in [0, 0.05) is 25.2 Å². The van der Waals surface area contributed by atoms with E-state index >= 15 is 0 Å². The number of rotatable bonds is 6. The fourth-order valence-electron chi connectivity index (χ4n) is 3.20. The second-order valence-electron chi connectivity index (χ2n) is 6.73. The van der Waals surface area contributed by atoms with Crippen molar-refractivity contribution in [2.24, 2.45) is 5.92 Å². The minimum absolute atomic E-state index is 0.500. The first-order chi connectivity index (χ1) is 9.56. The molecule has 0 radical (unpaired) electrons. The summed E-state index contributed by atoms with van der Waals surface area (Å²) in [6.45, 7) is 12.7. The van der Waals surface area contributed by atoms with Crippen LogP contribution in [0.3, 0.4) is 0 Å². The molecule has 2 nitrogen and oxygen atoms in total. The first-order valence-corrected chi connectivity index (χ1v) is 8.10. The van der Waals surface area contributed by atoms with Crippen LogP contribution in [0.2, 0.25) is 0 Å². The second kappa shape index (κ2) is 7.24. The first-order valence-electron chi connectivity index (χ1n) is 8.10. The van der Waals surface area contributed by atoms with Crippen LogP contribution in [0.25, 0.3) is 0 Å². The molecule has 112 valence electrons. The van der Waals surface area contributed by atoms with Crippen LogP contribution in [0.1, 0.15) is 50.8 Å². The van der Waals surface area contributed by atoms with Crippen LogP contribution < -0.4 is 5.32 Å². The number of nitrogens with one attached hydrogen (secondary N) is 1. The van der Waals surface area contributed by atoms with Gasteiger partial charge in [-0.3, -0.25) is 4.90 Å². The van der Waals surface area contributed by atoms with Crippen molar-refractivity contribution in [1.82, 2.24) is 10.2 Å². The van der Waals surface area contributed by atoms with Crippen LogP contribution in [0.15, 0.2) is 24.3 Å². The van der Waals surface area contributed by atoms with Gasteiger partial charge in [-0.15, -0.1) is 0 Å². The fourth-order valence-corrected chi connectivity index (χ4v) is 3.20. The molecule has 1 aromatic rings. The zero-order chi connectivity index (χ0) is 14.5. The van der Waals surface area contributed by atoms with E-state index in [0.29, 0.717) is 18.0 Å². The lowest BCUT2D eigenvalue weighted by Gasteiger charge is -2.33. The van der Waals surface area contributed by atoms with Gasteiger partial charge in [0.05, 0.1) is 0 Å². The third kappa shape index (κ3) is 4.32. The molecule has 2 heteroatoms. The summed E-state index contributed by atoms with van der Waals surface area (Å²) in [5.41, 5.74) is 2.81. The van der Waals surface area contributed by atoms with Crippen LogP contribution in [-0.4, -0.2) is 30.6 Å². The maximum absolute atomic E-state index is 3.64. The summed E-state index contributed by atoms with van der Waals surface area (Å²) in [7, 11) is 0. The highest BCUT2D eigenvalue weighted by Crippen LogP contribution is 2.23. The van der Waals surface area contributed by atoms with Crippen molar-refractivity contribution in [3.05, 3.63) is 35.4 Å². The highest BCUT2D eigenvalue weighted by molar-refractivity contribution is 5.24. The third-order valence-electron chi connectivity index (χ3n) is 4.29. The lowest BCUT2D eigenvalue weighted by atomic mass is 10.0. The van der Waals surface area contributed by atoms with E-state index in [1.54, 1.807) is 0 Å². The molecule has 0 amide bonds. The molecular weight excluding hydrogens is 244 g/mol. The monoisotopic (exact) mass is 274 g/mol. The minimum atomic E-state index is 0.500. The van der Waals surface area contributed by atoms with Gasteiger partial charge in [0.15, 0.2) is 0 Å². The minimum Gasteiger partial charge on any atom is -0.313 e. The first kappa shape index (κ1) is 15.5. The average molecular weight is 274 g/mol. The highest BCUT2D eigenvalue weighted by atomic mass is 15.2. The van der Waals surface area contributed by atoms with Gasteiger partial charge in [-0.05, 0) is 44.7 Å². The molecule has 0 aromatic heterocycles. The Labute approximate surface area is 124 Å². The SMILES string of the molecule is Cc1cccc(C(C)N(CC(C)C)CC2CCCN2)c1. The van der Waals surface area contributed by atoms with Crippen LogP contribution in [-0.2, 0) is 0 Å². The molecule has 1 heterocycles. The van der Waals surface area contributed by atoms with Crippen molar-refractivity contribution >= 4 is 0 Å². The Hall–Kier alpha value is -0.860. The number of hydrogen-bond donors (Lipinski definition) is 1. The van der Waals surface area contributed by atoms with E-state index in [4.69, 9.17) is 0 Å². The van der Waals surface area contributed by atoms with Crippen molar-refractivity contribution in [2.75, 3.05) is 19.6 Å². The number of benzene rings is 1. The Kier molecular flexibility index (Phi) is 5.62. The molecule has 1 fully saturated rings. The zero-order valence-electron chi connectivity index (χ0n) is 13.5. The van der Waals surface area contributed by atoms with Gasteiger partial charge < -0.3 is 5.32 Å². The summed E-state index contributed by atoms with van der Waals surface area (Å²) < 4.78 is 0. The number of aryl methyl sites for hydroxylation is 1. The number of nitrogens with zero attached hydrogens (tertiary/aromatic N) is 1. The van der Waals surface area contributed by atoms with Crippen molar-refractivity contribution in [1.29, 1.82) is 0 Å². The Morgan fingerprint density at radius 3 is 2.70 bits per heavy atom. The quantitative estimate of drug-likeness (QED) is 0.849. The van der Waals surface area contributed by atoms with E-state index in [0.717, 1.165) is 0 Å². The Bertz CT molecular complexity index is 408. The zero-order valence-corrected chi connectivity index (χ0v) is 13.5. The van der Waals surface area contributed by atoms with Crippen LogP contribution in [0.4, 0.5) is 0 Å². The van der Waals surface area contributed by atoms with Crippen molar-refractivity contribution in [3.63, 3.8) is 0 Å². The molecule has 1 saturated heterocycles. The Balaban J connectivity index is 2.07. The molecular formula is C18H30N2. The van der Waals surface area contributed by atoms with E-state index in [2.05, 4.69) is 62.2 Å². The molecule has 1 aromatic carbocycles. The smallest absolute Gasteiger partial charge is 0.0320 e. The molecule has 0 aliphatic carbocycles. The molecule has 0 bridgehead atoms. The molecule has 2 atom stereocenters. The lowest BCUT2D eigenvalue weighted by Crippen LogP contribution is -2.40. The average Bonchev–Trinajstić information content (AvgIpc) is 2.89. The van der Waals surface area contributed by atoms with Crippen LogP contribution in [0, 0.1) is 12.8 Å². The standard InChI is InChI=1S/C18H30N2/c1-14(2)12-20(13-18-9-6-10-19-18)16(4)17-8-5-7-15(3)11-17/h5,7-8,11,14,16,18-19H,6,9-10,12-13H2,1-4H3. The van der Waals surface area contributed by atoms with Gasteiger partial charge in [0.2, 0.25) is 0 Å². The molecule has 1 aliphatic rings. The molecule has 20 heavy (non-hydrogen) atoms. The van der Waals surface area contributed by atoms with Gasteiger partial charge >= 0.3 is 0 Å². The lowest BCUT2D eigenvalue weighted by molar-refractivity contribution is 0.171. The summed E-state index contributed by atoms with van der Waals surface area (Å²) in [6, 6.07) is 10.2. The molecule has 1 N–H and O–H groups in total. The van der Waals surface area contributed by atoms with E-state index < -0.39 is 0 Å². The molecule has 0 spiro atoms. The Morgan fingerprint density at radius 1 is 1.30 bits per heavy atom. The van der Waals surface area contributed by atoms with E-state index in [1.807, 2.05) is 0 Å². The van der Waals surface area contributed by atoms with Crippen LogP contribution in [0.5, 0.6) is 0 Å². The van der Waals surface area contributed by atoms with Crippen molar-refractivity contribution in [3.8, 4) is 0 Å². The normalized spacial score (nSPS) is 20.8. The van der Waals surface area contributed by atoms with Gasteiger partial charge in [0.25, 0.3) is 0 Å². The Morgan fingerprint density at radius 2 is 2.10 bits per heavy atom. The predicted molar refractivity (Wildman–Crippen MR) is 87.0 cm³/mol. The fraction of sp³-hybridized carbons (Fsp3) is 0.667. The molecule has 1 aliphatic heterocycles. The summed E-state index contributed by atoms with van der Waals surface area (Å²) in [6.07, 6.45) is 2.66.